The van der Waals surface area contributed by atoms with Crippen LogP contribution in [0.4, 0.5) is 0 Å². The molecule has 0 spiro atoms. The Hall–Kier alpha value is -1.36. The van der Waals surface area contributed by atoms with Gasteiger partial charge in [-0.25, -0.2) is 0 Å². The summed E-state index contributed by atoms with van der Waals surface area (Å²) >= 11 is 0. The maximum absolute atomic E-state index is 10.4. The zero-order valence-corrected chi connectivity index (χ0v) is 4.74. The van der Waals surface area contributed by atoms with Gasteiger partial charge in [0.05, 0.1) is 0 Å². The molecule has 0 aliphatic heterocycles. The van der Waals surface area contributed by atoms with E-state index in [9.17, 15) is 9.59 Å². The van der Waals surface area contributed by atoms with Crippen molar-refractivity contribution < 1.29 is 24.9 Å². The Balaban J connectivity index is 3.11. The summed E-state index contributed by atoms with van der Waals surface area (Å²) in [6, 6.07) is 0. The predicted octanol–water partition coefficient (Wildman–Crippen LogP) is -1.17. The molecule has 1 atom stereocenters. The molecule has 1 aliphatic carbocycles. The first kappa shape index (κ1) is 6.76. The minimum absolute atomic E-state index is 0.963. The first-order valence-electron chi connectivity index (χ1n) is 2.44. The third-order valence-electron chi connectivity index (χ3n) is 1.19. The Labute approximate surface area is 55.2 Å². The normalized spacial score (nSPS) is 26.3. The van der Waals surface area contributed by atoms with E-state index in [-0.39, 0.29) is 0 Å². The van der Waals surface area contributed by atoms with Crippen LogP contribution in [0.3, 0.4) is 0 Å². The van der Waals surface area contributed by atoms with Crippen molar-refractivity contribution in [1.82, 2.24) is 0 Å². The molecular formula is C5H4O5. The fourth-order valence-corrected chi connectivity index (χ4v) is 0.611. The number of aliphatic hydroxyl groups excluding tert-OH is 3. The van der Waals surface area contributed by atoms with Gasteiger partial charge in [0.25, 0.3) is 5.78 Å². The molecular weight excluding hydrogens is 140 g/mol. The van der Waals surface area contributed by atoms with Crippen LogP contribution in [-0.2, 0) is 9.59 Å². The summed E-state index contributed by atoms with van der Waals surface area (Å²) in [6.45, 7) is 0. The second-order valence-electron chi connectivity index (χ2n) is 1.83. The molecule has 0 aromatic rings. The summed E-state index contributed by atoms with van der Waals surface area (Å²) in [5.74, 6) is -4.47. The maximum atomic E-state index is 10.4. The largest absolute Gasteiger partial charge is 0.506 e. The lowest BCUT2D eigenvalue weighted by Gasteiger charge is -1.94. The SMILES string of the molecule is O=C1C(=O)C(O)C(O)=C1O. The van der Waals surface area contributed by atoms with E-state index in [2.05, 4.69) is 0 Å². The van der Waals surface area contributed by atoms with Crippen molar-refractivity contribution >= 4 is 11.6 Å². The van der Waals surface area contributed by atoms with Crippen LogP contribution in [0, 0.1) is 0 Å². The van der Waals surface area contributed by atoms with E-state index < -0.39 is 29.2 Å². The van der Waals surface area contributed by atoms with Crippen LogP contribution in [0.15, 0.2) is 11.5 Å². The minimum Gasteiger partial charge on any atom is -0.506 e. The second kappa shape index (κ2) is 1.81. The summed E-state index contributed by atoms with van der Waals surface area (Å²) in [5, 5.41) is 25.6. The van der Waals surface area contributed by atoms with Crippen molar-refractivity contribution in [1.29, 1.82) is 0 Å². The molecule has 0 fully saturated rings. The van der Waals surface area contributed by atoms with E-state index in [4.69, 9.17) is 15.3 Å². The fraction of sp³-hybridized carbons (Fsp3) is 0.200. The molecule has 0 radical (unpaired) electrons. The number of ketones is 2. The summed E-state index contributed by atoms with van der Waals surface area (Å²) in [6.07, 6.45) is -1.87. The maximum Gasteiger partial charge on any atom is 0.269 e. The highest BCUT2D eigenvalue weighted by Crippen LogP contribution is 2.15. The van der Waals surface area contributed by atoms with Gasteiger partial charge in [0.2, 0.25) is 11.5 Å². The number of aliphatic hydroxyl groups is 3. The molecule has 1 unspecified atom stereocenters. The summed E-state index contributed by atoms with van der Waals surface area (Å²) in [5.41, 5.74) is 0. The average Bonchev–Trinajstić information content (AvgIpc) is 2.07. The minimum atomic E-state index is -1.87. The molecule has 0 amide bonds. The monoisotopic (exact) mass is 144 g/mol. The van der Waals surface area contributed by atoms with E-state index in [0.717, 1.165) is 0 Å². The molecule has 0 aromatic carbocycles. The van der Waals surface area contributed by atoms with Crippen molar-refractivity contribution in [3.8, 4) is 0 Å². The molecule has 1 aliphatic rings. The van der Waals surface area contributed by atoms with Crippen LogP contribution in [0.25, 0.3) is 0 Å². The van der Waals surface area contributed by atoms with Gasteiger partial charge in [0.15, 0.2) is 11.9 Å². The Bertz CT molecular complexity index is 238. The molecule has 10 heavy (non-hydrogen) atoms. The number of hydrogen-bond acceptors (Lipinski definition) is 5. The van der Waals surface area contributed by atoms with Gasteiger partial charge in [-0.3, -0.25) is 9.59 Å². The molecule has 0 heterocycles. The first-order chi connectivity index (χ1) is 4.55. The molecule has 0 bridgehead atoms. The van der Waals surface area contributed by atoms with Crippen LogP contribution in [0.2, 0.25) is 0 Å². The third kappa shape index (κ3) is 0.608. The van der Waals surface area contributed by atoms with Crippen LogP contribution in [-0.4, -0.2) is 33.0 Å². The molecule has 3 N–H and O–H groups in total. The lowest BCUT2D eigenvalue weighted by atomic mass is 10.2. The highest BCUT2D eigenvalue weighted by Gasteiger charge is 2.40. The van der Waals surface area contributed by atoms with Crippen LogP contribution in [0.5, 0.6) is 0 Å². The molecule has 54 valence electrons. The first-order valence-corrected chi connectivity index (χ1v) is 2.44. The molecule has 5 heteroatoms. The third-order valence-corrected chi connectivity index (χ3v) is 1.19. The summed E-state index contributed by atoms with van der Waals surface area (Å²) in [7, 11) is 0. The number of carbonyl (C=O) groups is 2. The van der Waals surface area contributed by atoms with E-state index >= 15 is 0 Å². The zero-order chi connectivity index (χ0) is 7.89. The number of hydrogen-bond donors (Lipinski definition) is 3. The van der Waals surface area contributed by atoms with Crippen molar-refractivity contribution in [3.63, 3.8) is 0 Å². The predicted molar refractivity (Wildman–Crippen MR) is 28.3 cm³/mol. The summed E-state index contributed by atoms with van der Waals surface area (Å²) in [4.78, 5) is 20.7. The zero-order valence-electron chi connectivity index (χ0n) is 4.74. The quantitative estimate of drug-likeness (QED) is 0.372. The highest BCUT2D eigenvalue weighted by molar-refractivity contribution is 6.47. The van der Waals surface area contributed by atoms with Crippen molar-refractivity contribution in [2.75, 3.05) is 0 Å². The Morgan fingerprint density at radius 3 is 1.80 bits per heavy atom. The Morgan fingerprint density at radius 2 is 1.70 bits per heavy atom. The molecule has 0 aromatic heterocycles. The Morgan fingerprint density at radius 1 is 1.20 bits per heavy atom. The number of allylic oxidation sites excluding steroid dienone is 1. The average molecular weight is 144 g/mol. The van der Waals surface area contributed by atoms with Crippen molar-refractivity contribution in [2.45, 2.75) is 6.10 Å². The van der Waals surface area contributed by atoms with Gasteiger partial charge in [-0.1, -0.05) is 0 Å². The molecule has 5 nitrogen and oxygen atoms in total. The number of Topliss-reactive ketones (excluding diaryl/α,β-unsaturated/α-hetero) is 2. The van der Waals surface area contributed by atoms with Crippen LogP contribution < -0.4 is 0 Å². The molecule has 1 rings (SSSR count). The number of carbonyl (C=O) groups excluding carboxylic acids is 2. The number of rotatable bonds is 0. The van der Waals surface area contributed by atoms with Gasteiger partial charge in [-0.05, 0) is 0 Å². The Kier molecular flexibility index (Phi) is 1.22. The van der Waals surface area contributed by atoms with E-state index in [1.165, 1.54) is 0 Å². The second-order valence-corrected chi connectivity index (χ2v) is 1.83. The lowest BCUT2D eigenvalue weighted by Crippen LogP contribution is -2.21. The van der Waals surface area contributed by atoms with E-state index in [1.807, 2.05) is 0 Å². The summed E-state index contributed by atoms with van der Waals surface area (Å²) < 4.78 is 0. The van der Waals surface area contributed by atoms with Gasteiger partial charge in [0, 0.05) is 0 Å². The smallest absolute Gasteiger partial charge is 0.269 e. The topological polar surface area (TPSA) is 94.8 Å². The lowest BCUT2D eigenvalue weighted by molar-refractivity contribution is -0.138. The highest BCUT2D eigenvalue weighted by atomic mass is 16.4. The molecule has 0 saturated heterocycles. The standard InChI is InChI=1S/C5H4O5/c6-1-2(7)4(9)5(10)3(1)8/h1,6-7,9H. The van der Waals surface area contributed by atoms with Crippen molar-refractivity contribution in [2.24, 2.45) is 0 Å². The van der Waals surface area contributed by atoms with Gasteiger partial charge < -0.3 is 15.3 Å². The van der Waals surface area contributed by atoms with Crippen LogP contribution >= 0.6 is 0 Å². The van der Waals surface area contributed by atoms with Gasteiger partial charge in [0.1, 0.15) is 0 Å². The van der Waals surface area contributed by atoms with Gasteiger partial charge in [-0.2, -0.15) is 0 Å². The van der Waals surface area contributed by atoms with Gasteiger partial charge >= 0.3 is 0 Å². The van der Waals surface area contributed by atoms with E-state index in [0.29, 0.717) is 0 Å². The van der Waals surface area contributed by atoms with Crippen LogP contribution in [0.1, 0.15) is 0 Å². The fourth-order valence-electron chi connectivity index (χ4n) is 0.611. The van der Waals surface area contributed by atoms with Crippen molar-refractivity contribution in [3.05, 3.63) is 11.5 Å². The molecule has 0 saturated carbocycles. The van der Waals surface area contributed by atoms with Gasteiger partial charge in [-0.15, -0.1) is 0 Å². The van der Waals surface area contributed by atoms with E-state index in [1.54, 1.807) is 0 Å².